The number of fused-ring (bicyclic) bond motifs is 1. The van der Waals surface area contributed by atoms with Gasteiger partial charge in [0.15, 0.2) is 0 Å². The van der Waals surface area contributed by atoms with E-state index in [0.717, 1.165) is 5.52 Å². The van der Waals surface area contributed by atoms with Crippen LogP contribution in [0.15, 0.2) is 64.5 Å². The molecule has 108 valence electrons. The van der Waals surface area contributed by atoms with Crippen molar-refractivity contribution in [2.24, 2.45) is 7.05 Å². The molecule has 0 N–H and O–H groups in total. The molecule has 2 aromatic carbocycles. The van der Waals surface area contributed by atoms with E-state index in [1.165, 1.54) is 7.11 Å². The van der Waals surface area contributed by atoms with E-state index < -0.39 is 9.84 Å². The van der Waals surface area contributed by atoms with Gasteiger partial charge in [-0.2, -0.15) is 0 Å². The van der Waals surface area contributed by atoms with Gasteiger partial charge in [0.05, 0.1) is 12.0 Å². The van der Waals surface area contributed by atoms with Gasteiger partial charge in [-0.15, -0.1) is 0 Å². The Balaban J connectivity index is 2.38. The van der Waals surface area contributed by atoms with Crippen LogP contribution in [0.3, 0.4) is 0 Å². The second-order valence-electron chi connectivity index (χ2n) is 4.77. The first kappa shape index (κ1) is 13.7. The maximum absolute atomic E-state index is 12.9. The molecule has 0 radical (unpaired) electrons. The smallest absolute Gasteiger partial charge is 0.210 e. The molecule has 0 spiro atoms. The van der Waals surface area contributed by atoms with Crippen molar-refractivity contribution >= 4 is 20.7 Å². The van der Waals surface area contributed by atoms with E-state index >= 15 is 0 Å². The molecule has 3 rings (SSSR count). The molecule has 0 saturated carbocycles. The zero-order valence-electron chi connectivity index (χ0n) is 11.8. The van der Waals surface area contributed by atoms with Gasteiger partial charge in [-0.05, 0) is 30.3 Å². The van der Waals surface area contributed by atoms with Crippen LogP contribution >= 0.6 is 0 Å². The number of rotatable bonds is 3. The predicted molar refractivity (Wildman–Crippen MR) is 81.4 cm³/mol. The van der Waals surface area contributed by atoms with Crippen LogP contribution in [0.25, 0.3) is 10.9 Å². The Labute approximate surface area is 123 Å². The van der Waals surface area contributed by atoms with Gasteiger partial charge >= 0.3 is 0 Å². The Morgan fingerprint density at radius 2 is 1.71 bits per heavy atom. The van der Waals surface area contributed by atoms with Gasteiger partial charge in [-0.25, -0.2) is 8.42 Å². The highest BCUT2D eigenvalue weighted by Gasteiger charge is 2.25. The summed E-state index contributed by atoms with van der Waals surface area (Å²) >= 11 is 0. The molecule has 0 bridgehead atoms. The van der Waals surface area contributed by atoms with E-state index in [2.05, 4.69) is 0 Å². The number of hydrogen-bond donors (Lipinski definition) is 0. The zero-order chi connectivity index (χ0) is 15.0. The number of aryl methyl sites for hydroxylation is 1. The Morgan fingerprint density at radius 1 is 1.00 bits per heavy atom. The molecule has 0 atom stereocenters. The zero-order valence-corrected chi connectivity index (χ0v) is 12.6. The summed E-state index contributed by atoms with van der Waals surface area (Å²) in [4.78, 5) is 0.481. The molecule has 0 aliphatic rings. The minimum absolute atomic E-state index is 0.217. The molecule has 1 aromatic heterocycles. The number of sulfone groups is 1. The minimum Gasteiger partial charge on any atom is -0.495 e. The number of nitrogens with zero attached hydrogens (tertiary/aromatic N) is 1. The monoisotopic (exact) mass is 301 g/mol. The molecule has 5 heteroatoms. The lowest BCUT2D eigenvalue weighted by Gasteiger charge is -2.11. The van der Waals surface area contributed by atoms with Gasteiger partial charge in [0.1, 0.15) is 10.6 Å². The van der Waals surface area contributed by atoms with Gasteiger partial charge in [0.2, 0.25) is 9.84 Å². The van der Waals surface area contributed by atoms with Crippen LogP contribution in [0.4, 0.5) is 0 Å². The van der Waals surface area contributed by atoms with Crippen molar-refractivity contribution < 1.29 is 13.2 Å². The van der Waals surface area contributed by atoms with Crippen LogP contribution in [0.2, 0.25) is 0 Å². The van der Waals surface area contributed by atoms with Crippen molar-refractivity contribution in [1.82, 2.24) is 4.57 Å². The summed E-state index contributed by atoms with van der Waals surface area (Å²) in [5.74, 6) is 0.359. The molecular formula is C16H15NO3S. The third-order valence-corrected chi connectivity index (χ3v) is 5.38. The van der Waals surface area contributed by atoms with Crippen molar-refractivity contribution in [3.63, 3.8) is 0 Å². The molecule has 4 nitrogen and oxygen atoms in total. The number of benzene rings is 2. The van der Waals surface area contributed by atoms with Gasteiger partial charge in [-0.3, -0.25) is 0 Å². The minimum atomic E-state index is -3.63. The van der Waals surface area contributed by atoms with E-state index in [9.17, 15) is 8.42 Å². The summed E-state index contributed by atoms with van der Waals surface area (Å²) in [6.45, 7) is 0. The highest BCUT2D eigenvalue weighted by Crippen LogP contribution is 2.36. The predicted octanol–water partition coefficient (Wildman–Crippen LogP) is 3.02. The Bertz CT molecular complexity index is 896. The van der Waals surface area contributed by atoms with Crippen molar-refractivity contribution in [3.8, 4) is 5.75 Å². The fraction of sp³-hybridized carbons (Fsp3) is 0.125. The van der Waals surface area contributed by atoms with Gasteiger partial charge in [0, 0.05) is 24.1 Å². The fourth-order valence-electron chi connectivity index (χ4n) is 2.46. The summed E-state index contributed by atoms with van der Waals surface area (Å²) in [7, 11) is -0.270. The Hall–Kier alpha value is -2.27. The average Bonchev–Trinajstić information content (AvgIpc) is 2.88. The normalized spacial score (nSPS) is 11.7. The highest BCUT2D eigenvalue weighted by molar-refractivity contribution is 7.91. The summed E-state index contributed by atoms with van der Waals surface area (Å²) in [6.07, 6.45) is 1.84. The topological polar surface area (TPSA) is 48.3 Å². The lowest BCUT2D eigenvalue weighted by atomic mass is 10.2. The first-order chi connectivity index (χ1) is 10.1. The second kappa shape index (κ2) is 4.93. The molecule has 0 unspecified atom stereocenters. The van der Waals surface area contributed by atoms with Crippen LogP contribution in [-0.2, 0) is 16.9 Å². The third-order valence-electron chi connectivity index (χ3n) is 3.52. The van der Waals surface area contributed by atoms with E-state index in [4.69, 9.17) is 4.74 Å². The van der Waals surface area contributed by atoms with Crippen LogP contribution in [0.5, 0.6) is 5.75 Å². The Morgan fingerprint density at radius 3 is 2.38 bits per heavy atom. The molecule has 0 fully saturated rings. The third kappa shape index (κ3) is 2.10. The first-order valence-corrected chi connectivity index (χ1v) is 7.96. The van der Waals surface area contributed by atoms with Crippen molar-refractivity contribution in [1.29, 1.82) is 0 Å². The molecule has 0 aliphatic heterocycles. The fourth-order valence-corrected chi connectivity index (χ4v) is 4.09. The summed E-state index contributed by atoms with van der Waals surface area (Å²) in [5, 5.41) is 0.667. The summed E-state index contributed by atoms with van der Waals surface area (Å²) < 4.78 is 33.1. The maximum Gasteiger partial charge on any atom is 0.210 e. The van der Waals surface area contributed by atoms with Crippen molar-refractivity contribution in [2.75, 3.05) is 7.11 Å². The number of aromatic nitrogens is 1. The van der Waals surface area contributed by atoms with Gasteiger partial charge in [0.25, 0.3) is 0 Å². The molecule has 21 heavy (non-hydrogen) atoms. The number of hydrogen-bond acceptors (Lipinski definition) is 3. The SMILES string of the molecule is COc1ccc2c(ccn2C)c1S(=O)(=O)c1ccccc1. The van der Waals surface area contributed by atoms with Gasteiger partial charge in [-0.1, -0.05) is 18.2 Å². The molecule has 0 aliphatic carbocycles. The number of methoxy groups -OCH3 is 1. The van der Waals surface area contributed by atoms with Crippen molar-refractivity contribution in [2.45, 2.75) is 9.79 Å². The molecule has 3 aromatic rings. The van der Waals surface area contributed by atoms with Crippen LogP contribution < -0.4 is 4.74 Å². The lowest BCUT2D eigenvalue weighted by molar-refractivity contribution is 0.404. The van der Waals surface area contributed by atoms with E-state index in [-0.39, 0.29) is 9.79 Å². The van der Waals surface area contributed by atoms with E-state index in [1.54, 1.807) is 42.5 Å². The molecule has 0 amide bonds. The standard InChI is InChI=1S/C16H15NO3S/c1-17-11-10-13-14(17)8-9-15(20-2)16(13)21(18,19)12-6-4-3-5-7-12/h3-11H,1-2H3. The molecular weight excluding hydrogens is 286 g/mol. The average molecular weight is 301 g/mol. The summed E-state index contributed by atoms with van der Waals surface area (Å²) in [5.41, 5.74) is 0.852. The van der Waals surface area contributed by atoms with Crippen LogP contribution in [-0.4, -0.2) is 20.1 Å². The maximum atomic E-state index is 12.9. The van der Waals surface area contributed by atoms with Crippen molar-refractivity contribution in [3.05, 3.63) is 54.7 Å². The lowest BCUT2D eigenvalue weighted by Crippen LogP contribution is -2.05. The molecule has 0 saturated heterocycles. The quantitative estimate of drug-likeness (QED) is 0.747. The van der Waals surface area contributed by atoms with Crippen LogP contribution in [0.1, 0.15) is 0 Å². The van der Waals surface area contributed by atoms with E-state index in [1.807, 2.05) is 23.9 Å². The first-order valence-electron chi connectivity index (χ1n) is 6.48. The molecule has 1 heterocycles. The largest absolute Gasteiger partial charge is 0.495 e. The number of ether oxygens (including phenoxy) is 1. The summed E-state index contributed by atoms with van der Waals surface area (Å²) in [6, 6.07) is 13.8. The second-order valence-corrected chi connectivity index (χ2v) is 6.66. The Kier molecular flexibility index (Phi) is 3.22. The van der Waals surface area contributed by atoms with Gasteiger partial charge < -0.3 is 9.30 Å². The van der Waals surface area contributed by atoms with E-state index in [0.29, 0.717) is 11.1 Å². The highest BCUT2D eigenvalue weighted by atomic mass is 32.2. The van der Waals surface area contributed by atoms with Crippen LogP contribution in [0, 0.1) is 0 Å².